The molecule has 2 aromatic heterocycles. The molecule has 0 aliphatic heterocycles. The molecule has 1 aromatic carbocycles. The number of esters is 1. The summed E-state index contributed by atoms with van der Waals surface area (Å²) in [7, 11) is 1.62. The molecule has 170 valence electrons. The Hall–Kier alpha value is -2.85. The summed E-state index contributed by atoms with van der Waals surface area (Å²) in [4.78, 5) is 25.9. The van der Waals surface area contributed by atoms with E-state index >= 15 is 0 Å². The molecule has 3 rings (SSSR count). The molecule has 0 bridgehead atoms. The maximum atomic E-state index is 12.6. The number of ether oxygens (including phenoxy) is 2. The van der Waals surface area contributed by atoms with Crippen LogP contribution in [0.25, 0.3) is 11.4 Å². The van der Waals surface area contributed by atoms with Crippen molar-refractivity contribution in [1.82, 2.24) is 14.8 Å². The predicted octanol–water partition coefficient (Wildman–Crippen LogP) is 4.56. The molecule has 1 N–H and O–H groups in total. The van der Waals surface area contributed by atoms with E-state index in [0.29, 0.717) is 28.1 Å². The molecule has 32 heavy (non-hydrogen) atoms. The highest BCUT2D eigenvalue weighted by Crippen LogP contribution is 2.33. The molecule has 3 aromatic rings. The lowest BCUT2D eigenvalue weighted by Gasteiger charge is -2.09. The Morgan fingerprint density at radius 1 is 1.22 bits per heavy atom. The van der Waals surface area contributed by atoms with Gasteiger partial charge in [0.1, 0.15) is 10.8 Å². The Labute approximate surface area is 195 Å². The van der Waals surface area contributed by atoms with Gasteiger partial charge < -0.3 is 19.4 Å². The van der Waals surface area contributed by atoms with Crippen molar-refractivity contribution in [3.05, 3.63) is 40.3 Å². The average molecular weight is 475 g/mol. The quantitative estimate of drug-likeness (QED) is 0.359. The van der Waals surface area contributed by atoms with Crippen LogP contribution in [0.15, 0.2) is 29.4 Å². The normalized spacial score (nSPS) is 10.8. The molecule has 0 saturated heterocycles. The van der Waals surface area contributed by atoms with Gasteiger partial charge in [0.2, 0.25) is 5.91 Å². The molecule has 0 unspecified atom stereocenters. The van der Waals surface area contributed by atoms with E-state index in [9.17, 15) is 9.59 Å². The maximum Gasteiger partial charge on any atom is 0.341 e. The Balaban J connectivity index is 1.73. The number of anilines is 1. The van der Waals surface area contributed by atoms with Crippen LogP contribution in [0.4, 0.5) is 5.00 Å². The van der Waals surface area contributed by atoms with E-state index < -0.39 is 5.97 Å². The summed E-state index contributed by atoms with van der Waals surface area (Å²) in [6.07, 6.45) is 0. The third kappa shape index (κ3) is 5.13. The highest BCUT2D eigenvalue weighted by Gasteiger charge is 2.22. The number of aromatic nitrogens is 3. The number of methoxy groups -OCH3 is 1. The number of rotatable bonds is 9. The molecule has 0 aliphatic carbocycles. The molecule has 8 nitrogen and oxygen atoms in total. The number of carbonyl (C=O) groups is 2. The first-order valence-corrected chi connectivity index (χ1v) is 12.0. The Bertz CT molecular complexity index is 1120. The zero-order chi connectivity index (χ0) is 23.3. The molecular weight excluding hydrogens is 448 g/mol. The zero-order valence-corrected chi connectivity index (χ0v) is 20.4. The van der Waals surface area contributed by atoms with Crippen LogP contribution in [0.1, 0.15) is 34.6 Å². The fourth-order valence-corrected chi connectivity index (χ4v) is 4.98. The number of nitrogens with one attached hydrogen (secondary N) is 1. The van der Waals surface area contributed by atoms with E-state index in [1.165, 1.54) is 23.1 Å². The number of thioether (sulfide) groups is 1. The molecule has 0 radical (unpaired) electrons. The van der Waals surface area contributed by atoms with Gasteiger partial charge in [-0.15, -0.1) is 21.5 Å². The number of hydrogen-bond acceptors (Lipinski definition) is 8. The summed E-state index contributed by atoms with van der Waals surface area (Å²) in [5, 5.41) is 12.6. The standard InChI is InChI=1S/C22H26N4O4S2/c1-6-26-19(15-9-8-10-16(11-15)29-5)24-25-22(26)31-12-17(27)23-20-18(21(28)30-7-2)13(3)14(4)32-20/h8-11H,6-7,12H2,1-5H3,(H,23,27). The zero-order valence-electron chi connectivity index (χ0n) is 18.7. The topological polar surface area (TPSA) is 95.3 Å². The maximum absolute atomic E-state index is 12.6. The van der Waals surface area contributed by atoms with Gasteiger partial charge in [-0.05, 0) is 45.4 Å². The van der Waals surface area contributed by atoms with Crippen molar-refractivity contribution in [3.8, 4) is 17.1 Å². The van der Waals surface area contributed by atoms with Crippen LogP contribution in [0.2, 0.25) is 0 Å². The van der Waals surface area contributed by atoms with E-state index in [1.54, 1.807) is 14.0 Å². The number of aryl methyl sites for hydroxylation is 1. The largest absolute Gasteiger partial charge is 0.497 e. The van der Waals surface area contributed by atoms with Crippen LogP contribution < -0.4 is 10.1 Å². The Morgan fingerprint density at radius 2 is 2.00 bits per heavy atom. The lowest BCUT2D eigenvalue weighted by Crippen LogP contribution is -2.17. The number of benzene rings is 1. The van der Waals surface area contributed by atoms with Gasteiger partial charge in [-0.2, -0.15) is 0 Å². The Kier molecular flexibility index (Phi) is 7.92. The summed E-state index contributed by atoms with van der Waals surface area (Å²) < 4.78 is 12.4. The molecule has 0 fully saturated rings. The fraction of sp³-hybridized carbons (Fsp3) is 0.364. The highest BCUT2D eigenvalue weighted by molar-refractivity contribution is 7.99. The first kappa shape index (κ1) is 23.8. The summed E-state index contributed by atoms with van der Waals surface area (Å²) in [5.41, 5.74) is 2.13. The number of nitrogens with zero attached hydrogens (tertiary/aromatic N) is 3. The predicted molar refractivity (Wildman–Crippen MR) is 127 cm³/mol. The molecule has 10 heteroatoms. The van der Waals surface area contributed by atoms with Gasteiger partial charge in [-0.1, -0.05) is 23.9 Å². The van der Waals surface area contributed by atoms with Crippen LogP contribution >= 0.6 is 23.1 Å². The van der Waals surface area contributed by atoms with Crippen molar-refractivity contribution < 1.29 is 19.1 Å². The van der Waals surface area contributed by atoms with Crippen LogP contribution in [0.5, 0.6) is 5.75 Å². The molecule has 0 saturated carbocycles. The van der Waals surface area contributed by atoms with E-state index in [1.807, 2.05) is 49.6 Å². The van der Waals surface area contributed by atoms with E-state index in [0.717, 1.165) is 21.8 Å². The lowest BCUT2D eigenvalue weighted by molar-refractivity contribution is -0.113. The van der Waals surface area contributed by atoms with Crippen molar-refractivity contribution in [1.29, 1.82) is 0 Å². The second kappa shape index (κ2) is 10.6. The van der Waals surface area contributed by atoms with Crippen molar-refractivity contribution in [2.45, 2.75) is 39.4 Å². The lowest BCUT2D eigenvalue weighted by atomic mass is 10.1. The highest BCUT2D eigenvalue weighted by atomic mass is 32.2. The van der Waals surface area contributed by atoms with Gasteiger partial charge in [0.15, 0.2) is 11.0 Å². The Morgan fingerprint density at radius 3 is 2.69 bits per heavy atom. The van der Waals surface area contributed by atoms with Gasteiger partial charge in [-0.25, -0.2) is 4.79 Å². The van der Waals surface area contributed by atoms with E-state index in [2.05, 4.69) is 15.5 Å². The summed E-state index contributed by atoms with van der Waals surface area (Å²) in [5.74, 6) is 0.930. The number of carbonyl (C=O) groups excluding carboxylic acids is 2. The monoisotopic (exact) mass is 474 g/mol. The summed E-state index contributed by atoms with van der Waals surface area (Å²) in [6, 6.07) is 7.61. The molecule has 1 amide bonds. The third-order valence-electron chi connectivity index (χ3n) is 4.81. The van der Waals surface area contributed by atoms with Crippen molar-refractivity contribution in [3.63, 3.8) is 0 Å². The summed E-state index contributed by atoms with van der Waals surface area (Å²) >= 11 is 2.67. The molecule has 2 heterocycles. The van der Waals surface area contributed by atoms with Crippen molar-refractivity contribution in [2.75, 3.05) is 24.8 Å². The number of amides is 1. The van der Waals surface area contributed by atoms with Crippen LogP contribution in [-0.4, -0.2) is 46.1 Å². The molecule has 0 aliphatic rings. The van der Waals surface area contributed by atoms with E-state index in [4.69, 9.17) is 9.47 Å². The summed E-state index contributed by atoms with van der Waals surface area (Å²) in [6.45, 7) is 8.45. The van der Waals surface area contributed by atoms with Gasteiger partial charge in [-0.3, -0.25) is 4.79 Å². The minimum atomic E-state index is -0.425. The van der Waals surface area contributed by atoms with Gasteiger partial charge in [0.05, 0.1) is 25.0 Å². The van der Waals surface area contributed by atoms with Gasteiger partial charge in [0, 0.05) is 17.0 Å². The van der Waals surface area contributed by atoms with Crippen LogP contribution in [0.3, 0.4) is 0 Å². The first-order chi connectivity index (χ1) is 15.4. The average Bonchev–Trinajstić information content (AvgIpc) is 3.32. The van der Waals surface area contributed by atoms with Crippen LogP contribution in [0, 0.1) is 13.8 Å². The second-order valence-electron chi connectivity index (χ2n) is 6.83. The number of thiophene rings is 1. The van der Waals surface area contributed by atoms with Gasteiger partial charge >= 0.3 is 5.97 Å². The minimum absolute atomic E-state index is 0.133. The fourth-order valence-electron chi connectivity index (χ4n) is 3.11. The second-order valence-corrected chi connectivity index (χ2v) is 8.99. The van der Waals surface area contributed by atoms with Crippen molar-refractivity contribution >= 4 is 40.0 Å². The van der Waals surface area contributed by atoms with Crippen LogP contribution in [-0.2, 0) is 16.1 Å². The molecule has 0 atom stereocenters. The third-order valence-corrected chi connectivity index (χ3v) is 6.90. The first-order valence-electron chi connectivity index (χ1n) is 10.2. The molecular formula is C22H26N4O4S2. The SMILES string of the molecule is CCOC(=O)c1c(NC(=O)CSc2nnc(-c3cccc(OC)c3)n2CC)sc(C)c1C. The number of hydrogen-bond donors (Lipinski definition) is 1. The van der Waals surface area contributed by atoms with Crippen molar-refractivity contribution in [2.24, 2.45) is 0 Å². The molecule has 0 spiro atoms. The van der Waals surface area contributed by atoms with E-state index in [-0.39, 0.29) is 18.3 Å². The smallest absolute Gasteiger partial charge is 0.341 e. The van der Waals surface area contributed by atoms with Gasteiger partial charge in [0.25, 0.3) is 0 Å². The minimum Gasteiger partial charge on any atom is -0.497 e.